The van der Waals surface area contributed by atoms with Gasteiger partial charge in [-0.25, -0.2) is 0 Å². The summed E-state index contributed by atoms with van der Waals surface area (Å²) in [5.41, 5.74) is 0. The van der Waals surface area contributed by atoms with Crippen LogP contribution in [0.15, 0.2) is 53.0 Å². The summed E-state index contributed by atoms with van der Waals surface area (Å²) in [6.45, 7) is 3.07. The minimum Gasteiger partial charge on any atom is -0.492 e. The van der Waals surface area contributed by atoms with Gasteiger partial charge in [0, 0.05) is 26.0 Å². The van der Waals surface area contributed by atoms with Crippen molar-refractivity contribution in [3.8, 4) is 5.75 Å². The molecule has 1 nitrogen and oxygen atoms in total. The van der Waals surface area contributed by atoms with Crippen LogP contribution in [0, 0.1) is 0 Å². The topological polar surface area (TPSA) is 9.23 Å². The van der Waals surface area contributed by atoms with Gasteiger partial charge in [0.1, 0.15) is 5.75 Å². The molecule has 0 aliphatic rings. The van der Waals surface area contributed by atoms with Crippen molar-refractivity contribution in [2.45, 2.75) is 58.3 Å². The number of benzene rings is 3. The second-order valence-electron chi connectivity index (χ2n) is 7.06. The van der Waals surface area contributed by atoms with Crippen LogP contribution in [0.2, 0.25) is 0 Å². The SMILES string of the molecule is CCCCCCCCCCOc1c2ccccc2c(Br)c2ccccc12. The van der Waals surface area contributed by atoms with Gasteiger partial charge in [-0.05, 0) is 22.4 Å². The molecule has 0 unspecified atom stereocenters. The first-order chi connectivity index (χ1) is 12.8. The molecule has 26 heavy (non-hydrogen) atoms. The van der Waals surface area contributed by atoms with Gasteiger partial charge in [0.25, 0.3) is 0 Å². The van der Waals surface area contributed by atoms with E-state index in [-0.39, 0.29) is 0 Å². The molecule has 0 fully saturated rings. The molecular formula is C24H29BrO. The van der Waals surface area contributed by atoms with Crippen molar-refractivity contribution >= 4 is 37.5 Å². The lowest BCUT2D eigenvalue weighted by molar-refractivity contribution is 0.311. The molecule has 0 heterocycles. The summed E-state index contributed by atoms with van der Waals surface area (Å²) in [6, 6.07) is 17.0. The Balaban J connectivity index is 1.65. The Bertz CT molecular complexity index is 783. The number of ether oxygens (including phenoxy) is 1. The van der Waals surface area contributed by atoms with E-state index in [0.29, 0.717) is 0 Å². The fraction of sp³-hybridized carbons (Fsp3) is 0.417. The molecule has 0 aliphatic heterocycles. The molecule has 0 spiro atoms. The van der Waals surface area contributed by atoms with E-state index in [1.807, 2.05) is 0 Å². The minimum atomic E-state index is 0.796. The molecule has 0 saturated carbocycles. The Morgan fingerprint density at radius 3 is 1.65 bits per heavy atom. The van der Waals surface area contributed by atoms with E-state index in [1.165, 1.54) is 66.5 Å². The average Bonchev–Trinajstić information content (AvgIpc) is 2.69. The van der Waals surface area contributed by atoms with Gasteiger partial charge in [0.05, 0.1) is 6.61 Å². The van der Waals surface area contributed by atoms with Gasteiger partial charge in [0.15, 0.2) is 0 Å². The molecule has 2 heteroatoms. The molecule has 3 aromatic carbocycles. The van der Waals surface area contributed by atoms with Gasteiger partial charge >= 0.3 is 0 Å². The molecule has 138 valence electrons. The average molecular weight is 413 g/mol. The quantitative estimate of drug-likeness (QED) is 0.240. The Kier molecular flexibility index (Phi) is 7.37. The highest BCUT2D eigenvalue weighted by Gasteiger charge is 2.12. The van der Waals surface area contributed by atoms with Crippen LogP contribution in [0.5, 0.6) is 5.75 Å². The van der Waals surface area contributed by atoms with Crippen molar-refractivity contribution in [2.24, 2.45) is 0 Å². The van der Waals surface area contributed by atoms with Crippen molar-refractivity contribution in [3.63, 3.8) is 0 Å². The predicted octanol–water partition coefficient (Wildman–Crippen LogP) is 8.28. The Morgan fingerprint density at radius 2 is 1.12 bits per heavy atom. The maximum atomic E-state index is 6.31. The highest BCUT2D eigenvalue weighted by atomic mass is 79.9. The zero-order valence-electron chi connectivity index (χ0n) is 15.8. The third-order valence-electron chi connectivity index (χ3n) is 5.06. The van der Waals surface area contributed by atoms with E-state index >= 15 is 0 Å². The van der Waals surface area contributed by atoms with Crippen molar-refractivity contribution in [3.05, 3.63) is 53.0 Å². The number of fused-ring (bicyclic) bond motifs is 2. The van der Waals surface area contributed by atoms with Gasteiger partial charge in [-0.1, -0.05) is 100 Å². The smallest absolute Gasteiger partial charge is 0.135 e. The van der Waals surface area contributed by atoms with E-state index in [4.69, 9.17) is 4.74 Å². The molecule has 0 aliphatic carbocycles. The highest BCUT2D eigenvalue weighted by molar-refractivity contribution is 9.10. The molecule has 3 aromatic rings. The summed E-state index contributed by atoms with van der Waals surface area (Å²) < 4.78 is 7.47. The van der Waals surface area contributed by atoms with Crippen LogP contribution >= 0.6 is 15.9 Å². The molecule has 3 rings (SSSR count). The second-order valence-corrected chi connectivity index (χ2v) is 7.85. The molecule has 0 saturated heterocycles. The Morgan fingerprint density at radius 1 is 0.654 bits per heavy atom. The number of rotatable bonds is 10. The highest BCUT2D eigenvalue weighted by Crippen LogP contribution is 2.40. The first kappa shape index (κ1) is 19.2. The number of hydrogen-bond donors (Lipinski definition) is 0. The molecule has 0 amide bonds. The van der Waals surface area contributed by atoms with E-state index in [2.05, 4.69) is 71.4 Å². The van der Waals surface area contributed by atoms with Crippen molar-refractivity contribution in [1.82, 2.24) is 0 Å². The maximum Gasteiger partial charge on any atom is 0.135 e. The fourth-order valence-corrected chi connectivity index (χ4v) is 4.29. The van der Waals surface area contributed by atoms with Gasteiger partial charge in [-0.2, -0.15) is 0 Å². The summed E-state index contributed by atoms with van der Waals surface area (Å²) in [6.07, 6.45) is 10.6. The van der Waals surface area contributed by atoms with Crippen LogP contribution in [0.1, 0.15) is 58.3 Å². The van der Waals surface area contributed by atoms with Crippen LogP contribution in [0.3, 0.4) is 0 Å². The van der Waals surface area contributed by atoms with Crippen molar-refractivity contribution in [1.29, 1.82) is 0 Å². The summed E-state index contributed by atoms with van der Waals surface area (Å²) in [5.74, 6) is 1.03. The monoisotopic (exact) mass is 412 g/mol. The van der Waals surface area contributed by atoms with Gasteiger partial charge in [-0.3, -0.25) is 0 Å². The lowest BCUT2D eigenvalue weighted by atomic mass is 10.0. The van der Waals surface area contributed by atoms with Gasteiger partial charge < -0.3 is 4.74 Å². The third kappa shape index (κ3) is 4.59. The fourth-order valence-electron chi connectivity index (χ4n) is 3.60. The number of unbranched alkanes of at least 4 members (excludes halogenated alkanes) is 7. The van der Waals surface area contributed by atoms with Gasteiger partial charge in [0.2, 0.25) is 0 Å². The first-order valence-corrected chi connectivity index (χ1v) is 10.8. The Labute approximate surface area is 165 Å². The summed E-state index contributed by atoms with van der Waals surface area (Å²) in [4.78, 5) is 0. The van der Waals surface area contributed by atoms with Crippen LogP contribution in [0.4, 0.5) is 0 Å². The minimum absolute atomic E-state index is 0.796. The van der Waals surface area contributed by atoms with Crippen molar-refractivity contribution in [2.75, 3.05) is 6.61 Å². The number of halogens is 1. The standard InChI is InChI=1S/C24H29BrO/c1-2-3-4-5-6-7-8-13-18-26-24-21-16-11-9-14-19(21)23(25)20-15-10-12-17-22(20)24/h9-12,14-17H,2-8,13,18H2,1H3. The molecule has 0 aromatic heterocycles. The summed E-state index contributed by atoms with van der Waals surface area (Å²) >= 11 is 3.79. The largest absolute Gasteiger partial charge is 0.492 e. The van der Waals surface area contributed by atoms with Crippen LogP contribution < -0.4 is 4.74 Å². The molecular weight excluding hydrogens is 384 g/mol. The first-order valence-electron chi connectivity index (χ1n) is 10.0. The van der Waals surface area contributed by atoms with E-state index in [1.54, 1.807) is 0 Å². The normalized spacial score (nSPS) is 11.3. The summed E-state index contributed by atoms with van der Waals surface area (Å²) in [7, 11) is 0. The van der Waals surface area contributed by atoms with Crippen LogP contribution in [0.25, 0.3) is 21.5 Å². The van der Waals surface area contributed by atoms with Gasteiger partial charge in [-0.15, -0.1) is 0 Å². The second kappa shape index (κ2) is 9.97. The van der Waals surface area contributed by atoms with E-state index in [9.17, 15) is 0 Å². The molecule has 0 radical (unpaired) electrons. The van der Waals surface area contributed by atoms with Crippen LogP contribution in [-0.4, -0.2) is 6.61 Å². The molecule has 0 N–H and O–H groups in total. The van der Waals surface area contributed by atoms with Crippen LogP contribution in [-0.2, 0) is 0 Å². The Hall–Kier alpha value is -1.54. The lowest BCUT2D eigenvalue weighted by Crippen LogP contribution is -1.99. The molecule has 0 bridgehead atoms. The van der Waals surface area contributed by atoms with Crippen molar-refractivity contribution < 1.29 is 4.74 Å². The summed E-state index contributed by atoms with van der Waals surface area (Å²) in [5, 5.41) is 4.82. The number of hydrogen-bond acceptors (Lipinski definition) is 1. The van der Waals surface area contributed by atoms with E-state index in [0.717, 1.165) is 23.2 Å². The van der Waals surface area contributed by atoms with E-state index < -0.39 is 0 Å². The zero-order chi connectivity index (χ0) is 18.2. The predicted molar refractivity (Wildman–Crippen MR) is 117 cm³/mol. The zero-order valence-corrected chi connectivity index (χ0v) is 17.4. The third-order valence-corrected chi connectivity index (χ3v) is 5.91. The maximum absolute atomic E-state index is 6.31. The lowest BCUT2D eigenvalue weighted by Gasteiger charge is -2.15. The molecule has 0 atom stereocenters.